The highest BCUT2D eigenvalue weighted by Gasteiger charge is 2.33. The number of nitrogen functional groups attached to an aromatic ring is 1. The number of aromatic nitrogens is 3. The van der Waals surface area contributed by atoms with Crippen LogP contribution in [-0.4, -0.2) is 16.0 Å². The summed E-state index contributed by atoms with van der Waals surface area (Å²) in [6, 6.07) is 27.0. The Kier molecular flexibility index (Phi) is 6.63. The van der Waals surface area contributed by atoms with Crippen LogP contribution in [-0.2, 0) is 6.18 Å². The van der Waals surface area contributed by atoms with Crippen molar-refractivity contribution in [3.63, 3.8) is 0 Å². The molecule has 0 saturated heterocycles. The Balaban J connectivity index is 1.45. The van der Waals surface area contributed by atoms with Crippen LogP contribution in [0, 0.1) is 6.92 Å². The Hall–Kier alpha value is -5.55. The minimum absolute atomic E-state index is 0.0295. The summed E-state index contributed by atoms with van der Waals surface area (Å²) < 4.78 is 46.2. The van der Waals surface area contributed by atoms with Crippen LogP contribution < -0.4 is 15.5 Å². The summed E-state index contributed by atoms with van der Waals surface area (Å²) in [5.41, 5.74) is 9.21. The van der Waals surface area contributed by atoms with Crippen LogP contribution in [0.15, 0.2) is 102 Å². The van der Waals surface area contributed by atoms with Gasteiger partial charge in [-0.05, 0) is 51.7 Å². The molecule has 0 saturated carbocycles. The van der Waals surface area contributed by atoms with Crippen molar-refractivity contribution in [1.82, 2.24) is 10.3 Å². The average Bonchev–Trinajstić information content (AvgIpc) is 3.59. The van der Waals surface area contributed by atoms with Gasteiger partial charge in [0.25, 0.3) is 5.78 Å². The summed E-state index contributed by atoms with van der Waals surface area (Å²) in [6.07, 6.45) is -4.51. The van der Waals surface area contributed by atoms with Gasteiger partial charge in [-0.1, -0.05) is 72.3 Å². The Morgan fingerprint density at radius 1 is 0.933 bits per heavy atom. The molecule has 0 aliphatic rings. The first-order valence-electron chi connectivity index (χ1n) is 13.7. The molecular formula is C34H21F3N4O3S. The number of aryl methyl sites for hydroxylation is 1. The minimum Gasteiger partial charge on any atom is -0.539 e. The molecule has 222 valence electrons. The van der Waals surface area contributed by atoms with Crippen molar-refractivity contribution in [2.45, 2.75) is 13.1 Å². The van der Waals surface area contributed by atoms with E-state index in [1.165, 1.54) is 12.1 Å². The molecule has 11 heteroatoms. The maximum atomic E-state index is 14.0. The molecule has 0 unspecified atom stereocenters. The zero-order valence-corrected chi connectivity index (χ0v) is 24.2. The molecule has 45 heavy (non-hydrogen) atoms. The molecule has 4 aromatic carbocycles. The van der Waals surface area contributed by atoms with E-state index in [0.29, 0.717) is 32.7 Å². The Morgan fingerprint density at radius 2 is 1.64 bits per heavy atom. The molecule has 0 fully saturated rings. The molecule has 3 aromatic heterocycles. The van der Waals surface area contributed by atoms with Gasteiger partial charge < -0.3 is 15.4 Å². The maximum Gasteiger partial charge on any atom is 0.416 e. The highest BCUT2D eigenvalue weighted by molar-refractivity contribution is 7.21. The SMILES string of the molecule is Cc1ccc(-[n+]2noc([O-])c2C(=O)c2sc3nc(-c4cccc5ccccc45)cc(-c4ccc(C(F)(F)F)cc4)c3c2N)cc1. The van der Waals surface area contributed by atoms with Gasteiger partial charge in [-0.2, -0.15) is 13.2 Å². The van der Waals surface area contributed by atoms with Crippen molar-refractivity contribution >= 4 is 43.8 Å². The van der Waals surface area contributed by atoms with Crippen LogP contribution >= 0.6 is 11.3 Å². The number of carbonyl (C=O) groups is 1. The molecule has 7 rings (SSSR count). The normalized spacial score (nSPS) is 11.8. The van der Waals surface area contributed by atoms with Gasteiger partial charge in [-0.3, -0.25) is 4.79 Å². The lowest BCUT2D eigenvalue weighted by atomic mass is 9.96. The van der Waals surface area contributed by atoms with E-state index in [9.17, 15) is 23.1 Å². The number of ketones is 1. The highest BCUT2D eigenvalue weighted by atomic mass is 32.1. The zero-order valence-electron chi connectivity index (χ0n) is 23.4. The number of hydrogen-bond acceptors (Lipinski definition) is 7. The van der Waals surface area contributed by atoms with Crippen molar-refractivity contribution in [3.05, 3.63) is 119 Å². The predicted octanol–water partition coefficient (Wildman–Crippen LogP) is 7.26. The van der Waals surface area contributed by atoms with E-state index < -0.39 is 23.5 Å². The Bertz CT molecular complexity index is 2250. The van der Waals surface area contributed by atoms with Crippen molar-refractivity contribution in [2.24, 2.45) is 0 Å². The van der Waals surface area contributed by atoms with Crippen LogP contribution in [0.3, 0.4) is 0 Å². The summed E-state index contributed by atoms with van der Waals surface area (Å²) in [4.78, 5) is 19.3. The summed E-state index contributed by atoms with van der Waals surface area (Å²) in [5, 5.41) is 18.8. The second-order valence-corrected chi connectivity index (χ2v) is 11.5. The number of nitrogens with two attached hydrogens (primary N) is 1. The predicted molar refractivity (Wildman–Crippen MR) is 163 cm³/mol. The molecule has 3 heterocycles. The van der Waals surface area contributed by atoms with Crippen molar-refractivity contribution in [3.8, 4) is 34.0 Å². The fraction of sp³-hybridized carbons (Fsp3) is 0.0588. The zero-order chi connectivity index (χ0) is 31.5. The van der Waals surface area contributed by atoms with Crippen LogP contribution in [0.5, 0.6) is 5.95 Å². The monoisotopic (exact) mass is 622 g/mol. The number of benzene rings is 4. The van der Waals surface area contributed by atoms with Crippen molar-refractivity contribution in [2.75, 3.05) is 5.73 Å². The molecule has 0 bridgehead atoms. The number of anilines is 1. The maximum absolute atomic E-state index is 14.0. The lowest BCUT2D eigenvalue weighted by Crippen LogP contribution is -2.39. The van der Waals surface area contributed by atoms with Crippen LogP contribution in [0.4, 0.5) is 18.9 Å². The topological polar surface area (TPSA) is 109 Å². The molecule has 0 aliphatic carbocycles. The van der Waals surface area contributed by atoms with Crippen LogP contribution in [0.2, 0.25) is 0 Å². The average molecular weight is 623 g/mol. The quantitative estimate of drug-likeness (QED) is 0.160. The molecule has 0 spiro atoms. The van der Waals surface area contributed by atoms with Gasteiger partial charge >= 0.3 is 11.9 Å². The summed E-state index contributed by atoms with van der Waals surface area (Å²) in [6.45, 7) is 1.90. The summed E-state index contributed by atoms with van der Waals surface area (Å²) >= 11 is 0.988. The molecule has 7 nitrogen and oxygen atoms in total. The van der Waals surface area contributed by atoms with Gasteiger partial charge in [-0.25, -0.2) is 4.98 Å². The van der Waals surface area contributed by atoms with Gasteiger partial charge in [-0.15, -0.1) is 11.3 Å². The molecule has 0 aliphatic heterocycles. The largest absolute Gasteiger partial charge is 0.539 e. The first kappa shape index (κ1) is 28.2. The van der Waals surface area contributed by atoms with E-state index in [1.807, 2.05) is 49.4 Å². The second kappa shape index (κ2) is 10.6. The number of halogens is 3. The third-order valence-electron chi connectivity index (χ3n) is 7.60. The minimum atomic E-state index is -4.51. The summed E-state index contributed by atoms with van der Waals surface area (Å²) in [7, 11) is 0. The number of carbonyl (C=O) groups excluding carboxylic acids is 1. The van der Waals surface area contributed by atoms with E-state index >= 15 is 0 Å². The number of hydrogen-bond donors (Lipinski definition) is 1. The molecule has 0 radical (unpaired) electrons. The molecule has 2 N–H and O–H groups in total. The lowest BCUT2D eigenvalue weighted by Gasteiger charge is -2.12. The number of alkyl halides is 3. The fourth-order valence-electron chi connectivity index (χ4n) is 5.35. The molecule has 7 aromatic rings. The number of rotatable bonds is 5. The first-order valence-corrected chi connectivity index (χ1v) is 14.5. The Morgan fingerprint density at radius 3 is 2.38 bits per heavy atom. The van der Waals surface area contributed by atoms with Crippen LogP contribution in [0.1, 0.15) is 26.5 Å². The summed E-state index contributed by atoms with van der Waals surface area (Å²) in [5.74, 6) is -1.66. The van der Waals surface area contributed by atoms with E-state index in [2.05, 4.69) is 5.27 Å². The number of fused-ring (bicyclic) bond motifs is 2. The van der Waals surface area contributed by atoms with Gasteiger partial charge in [0.15, 0.2) is 5.95 Å². The smallest absolute Gasteiger partial charge is 0.416 e. The standard InChI is InChI=1S/C34H21F3N4O3S/c1-18-9-15-22(16-10-18)41-29(33(43)44-40-41)30(42)31-28(38)27-25(20-11-13-21(14-12-20)34(35,36)37)17-26(39-32(27)45-31)24-8-4-6-19-5-2-3-7-23(19)24/h2-17H,1H3,(H2-,38,40,42,43). The molecule has 0 amide bonds. The van der Waals surface area contributed by atoms with Gasteiger partial charge in [0.1, 0.15) is 9.71 Å². The highest BCUT2D eigenvalue weighted by Crippen LogP contribution is 2.43. The molecular weight excluding hydrogens is 601 g/mol. The van der Waals surface area contributed by atoms with Crippen molar-refractivity contribution in [1.29, 1.82) is 0 Å². The van der Waals surface area contributed by atoms with Gasteiger partial charge in [0, 0.05) is 23.1 Å². The van der Waals surface area contributed by atoms with Gasteiger partial charge in [0.05, 0.1) is 22.2 Å². The van der Waals surface area contributed by atoms with Crippen molar-refractivity contribution < 1.29 is 32.3 Å². The first-order chi connectivity index (χ1) is 21.6. The van der Waals surface area contributed by atoms with E-state index in [1.54, 1.807) is 30.3 Å². The number of pyridine rings is 1. The second-order valence-electron chi connectivity index (χ2n) is 10.5. The van der Waals surface area contributed by atoms with E-state index in [4.69, 9.17) is 15.2 Å². The fourth-order valence-corrected chi connectivity index (χ4v) is 6.41. The number of thiophene rings is 1. The van der Waals surface area contributed by atoms with Gasteiger partial charge in [0.2, 0.25) is 5.69 Å². The third-order valence-corrected chi connectivity index (χ3v) is 8.70. The third kappa shape index (κ3) is 4.87. The Labute approximate surface area is 257 Å². The lowest BCUT2D eigenvalue weighted by molar-refractivity contribution is -0.672. The van der Waals surface area contributed by atoms with Crippen LogP contribution in [0.25, 0.3) is 49.1 Å². The number of nitrogens with zero attached hydrogens (tertiary/aromatic N) is 3. The van der Waals surface area contributed by atoms with E-state index in [0.717, 1.165) is 50.1 Å². The van der Waals surface area contributed by atoms with E-state index in [-0.39, 0.29) is 16.3 Å². The molecule has 0 atom stereocenters.